The Morgan fingerprint density at radius 2 is 1.92 bits per heavy atom. The first kappa shape index (κ1) is 18.1. The number of nitrogens with one attached hydrogen (secondary N) is 1. The first-order valence-electron chi connectivity index (χ1n) is 9.00. The molecule has 0 spiro atoms. The molecule has 136 valence electrons. The van der Waals surface area contributed by atoms with E-state index in [2.05, 4.69) is 41.2 Å². The zero-order valence-corrected chi connectivity index (χ0v) is 15.3. The van der Waals surface area contributed by atoms with Gasteiger partial charge in [0.1, 0.15) is 0 Å². The number of morpholine rings is 1. The van der Waals surface area contributed by atoms with Gasteiger partial charge in [-0.25, -0.2) is 4.98 Å². The Bertz CT molecular complexity index is 763. The van der Waals surface area contributed by atoms with Crippen LogP contribution in [0.1, 0.15) is 30.9 Å². The van der Waals surface area contributed by atoms with E-state index in [0.717, 1.165) is 30.2 Å². The van der Waals surface area contributed by atoms with Gasteiger partial charge in [-0.3, -0.25) is 4.79 Å². The lowest BCUT2D eigenvalue weighted by Gasteiger charge is -2.29. The maximum Gasteiger partial charge on any atom is 0.248 e. The Labute approximate surface area is 154 Å². The van der Waals surface area contributed by atoms with Crippen LogP contribution in [-0.4, -0.2) is 37.2 Å². The SMILES string of the molecule is CC(C)c1ccc(/C=C/C(=O)Nc2cccnc2N2CCOCC2)cc1. The predicted octanol–water partition coefficient (Wildman–Crippen LogP) is 3.69. The molecule has 0 atom stereocenters. The monoisotopic (exact) mass is 351 g/mol. The normalized spacial score (nSPS) is 14.8. The summed E-state index contributed by atoms with van der Waals surface area (Å²) in [6, 6.07) is 12.0. The lowest BCUT2D eigenvalue weighted by molar-refractivity contribution is -0.111. The number of hydrogen-bond acceptors (Lipinski definition) is 4. The summed E-state index contributed by atoms with van der Waals surface area (Å²) >= 11 is 0. The highest BCUT2D eigenvalue weighted by Gasteiger charge is 2.16. The maximum atomic E-state index is 12.3. The van der Waals surface area contributed by atoms with Gasteiger partial charge in [0.15, 0.2) is 5.82 Å². The molecule has 3 rings (SSSR count). The van der Waals surface area contributed by atoms with E-state index in [1.54, 1.807) is 12.3 Å². The molecule has 0 aliphatic carbocycles. The van der Waals surface area contributed by atoms with Crippen LogP contribution in [0.2, 0.25) is 0 Å². The highest BCUT2D eigenvalue weighted by Crippen LogP contribution is 2.23. The molecule has 0 saturated carbocycles. The average molecular weight is 351 g/mol. The van der Waals surface area contributed by atoms with Gasteiger partial charge in [-0.15, -0.1) is 0 Å². The van der Waals surface area contributed by atoms with Gasteiger partial charge < -0.3 is 15.0 Å². The fourth-order valence-corrected chi connectivity index (χ4v) is 2.86. The minimum Gasteiger partial charge on any atom is -0.378 e. The Balaban J connectivity index is 1.66. The summed E-state index contributed by atoms with van der Waals surface area (Å²) < 4.78 is 5.38. The number of aromatic nitrogens is 1. The number of anilines is 2. The number of hydrogen-bond donors (Lipinski definition) is 1. The summed E-state index contributed by atoms with van der Waals surface area (Å²) in [5.74, 6) is 1.12. The van der Waals surface area contributed by atoms with Crippen molar-refractivity contribution >= 4 is 23.5 Å². The Kier molecular flexibility index (Phi) is 6.02. The third-order valence-corrected chi connectivity index (χ3v) is 4.39. The van der Waals surface area contributed by atoms with Gasteiger partial charge >= 0.3 is 0 Å². The third kappa shape index (κ3) is 4.70. The van der Waals surface area contributed by atoms with Crippen LogP contribution in [0.5, 0.6) is 0 Å². The fraction of sp³-hybridized carbons (Fsp3) is 0.333. The number of nitrogens with zero attached hydrogens (tertiary/aromatic N) is 2. The van der Waals surface area contributed by atoms with E-state index in [1.807, 2.05) is 30.3 Å². The van der Waals surface area contributed by atoms with Crippen LogP contribution in [0.25, 0.3) is 6.08 Å². The standard InChI is InChI=1S/C21H25N3O2/c1-16(2)18-8-5-17(6-9-18)7-10-20(25)23-19-4-3-11-22-21(19)24-12-14-26-15-13-24/h3-11,16H,12-15H2,1-2H3,(H,23,25)/b10-7+. The van der Waals surface area contributed by atoms with Crippen molar-refractivity contribution in [3.63, 3.8) is 0 Å². The first-order valence-corrected chi connectivity index (χ1v) is 9.00. The zero-order valence-electron chi connectivity index (χ0n) is 15.3. The highest BCUT2D eigenvalue weighted by atomic mass is 16.5. The van der Waals surface area contributed by atoms with Crippen molar-refractivity contribution < 1.29 is 9.53 Å². The number of pyridine rings is 1. The van der Waals surface area contributed by atoms with Crippen LogP contribution in [0, 0.1) is 0 Å². The Morgan fingerprint density at radius 1 is 1.19 bits per heavy atom. The lowest BCUT2D eigenvalue weighted by atomic mass is 10.0. The lowest BCUT2D eigenvalue weighted by Crippen LogP contribution is -2.37. The van der Waals surface area contributed by atoms with Gasteiger partial charge in [0.05, 0.1) is 18.9 Å². The van der Waals surface area contributed by atoms with Crippen LogP contribution < -0.4 is 10.2 Å². The molecule has 0 bridgehead atoms. The minimum atomic E-state index is -0.166. The first-order chi connectivity index (χ1) is 12.6. The predicted molar refractivity (Wildman–Crippen MR) is 105 cm³/mol. The highest BCUT2D eigenvalue weighted by molar-refractivity contribution is 6.03. The quantitative estimate of drug-likeness (QED) is 0.835. The average Bonchev–Trinajstić information content (AvgIpc) is 2.68. The molecular formula is C21H25N3O2. The van der Waals surface area contributed by atoms with Crippen molar-refractivity contribution in [3.05, 3.63) is 59.8 Å². The fourth-order valence-electron chi connectivity index (χ4n) is 2.86. The van der Waals surface area contributed by atoms with Crippen molar-refractivity contribution in [1.82, 2.24) is 4.98 Å². The second-order valence-corrected chi connectivity index (χ2v) is 6.62. The number of ether oxygens (including phenoxy) is 1. The largest absolute Gasteiger partial charge is 0.378 e. The molecule has 26 heavy (non-hydrogen) atoms. The van der Waals surface area contributed by atoms with Gasteiger partial charge in [0.25, 0.3) is 0 Å². The van der Waals surface area contributed by atoms with Crippen molar-refractivity contribution in [2.24, 2.45) is 0 Å². The second kappa shape index (κ2) is 8.63. The molecule has 1 N–H and O–H groups in total. The van der Waals surface area contributed by atoms with Crippen molar-refractivity contribution in [3.8, 4) is 0 Å². The van der Waals surface area contributed by atoms with Crippen LogP contribution >= 0.6 is 0 Å². The topological polar surface area (TPSA) is 54.5 Å². The minimum absolute atomic E-state index is 0.166. The van der Waals surface area contributed by atoms with Gasteiger partial charge in [0, 0.05) is 25.4 Å². The molecule has 1 aliphatic heterocycles. The van der Waals surface area contributed by atoms with Gasteiger partial charge in [-0.1, -0.05) is 38.1 Å². The molecule has 1 aliphatic rings. The van der Waals surface area contributed by atoms with Crippen LogP contribution in [0.3, 0.4) is 0 Å². The van der Waals surface area contributed by atoms with E-state index >= 15 is 0 Å². The maximum absolute atomic E-state index is 12.3. The Morgan fingerprint density at radius 3 is 2.62 bits per heavy atom. The summed E-state index contributed by atoms with van der Waals surface area (Å²) in [7, 11) is 0. The van der Waals surface area contributed by atoms with E-state index in [0.29, 0.717) is 19.1 Å². The molecule has 0 radical (unpaired) electrons. The molecule has 1 aromatic heterocycles. The van der Waals surface area contributed by atoms with Crippen LogP contribution in [-0.2, 0) is 9.53 Å². The zero-order chi connectivity index (χ0) is 18.4. The van der Waals surface area contributed by atoms with Crippen molar-refractivity contribution in [1.29, 1.82) is 0 Å². The summed E-state index contributed by atoms with van der Waals surface area (Å²) in [6.07, 6.45) is 5.12. The molecule has 1 aromatic carbocycles. The van der Waals surface area contributed by atoms with E-state index in [9.17, 15) is 4.79 Å². The molecule has 0 unspecified atom stereocenters. The van der Waals surface area contributed by atoms with E-state index in [1.165, 1.54) is 5.56 Å². The Hall–Kier alpha value is -2.66. The summed E-state index contributed by atoms with van der Waals surface area (Å²) in [5, 5.41) is 2.94. The van der Waals surface area contributed by atoms with Crippen LogP contribution in [0.15, 0.2) is 48.7 Å². The summed E-state index contributed by atoms with van der Waals surface area (Å²) in [4.78, 5) is 18.9. The van der Waals surface area contributed by atoms with Crippen molar-refractivity contribution in [2.45, 2.75) is 19.8 Å². The van der Waals surface area contributed by atoms with E-state index in [4.69, 9.17) is 4.74 Å². The number of carbonyl (C=O) groups excluding carboxylic acids is 1. The van der Waals surface area contributed by atoms with E-state index in [-0.39, 0.29) is 5.91 Å². The number of carbonyl (C=O) groups is 1. The smallest absolute Gasteiger partial charge is 0.248 e. The van der Waals surface area contributed by atoms with E-state index < -0.39 is 0 Å². The molecule has 5 heteroatoms. The third-order valence-electron chi connectivity index (χ3n) is 4.39. The molecule has 1 amide bonds. The molecule has 1 saturated heterocycles. The van der Waals surface area contributed by atoms with Gasteiger partial charge in [-0.05, 0) is 35.3 Å². The van der Waals surface area contributed by atoms with Gasteiger partial charge in [-0.2, -0.15) is 0 Å². The molecule has 5 nitrogen and oxygen atoms in total. The molecular weight excluding hydrogens is 326 g/mol. The second-order valence-electron chi connectivity index (χ2n) is 6.62. The molecule has 2 heterocycles. The number of benzene rings is 1. The number of rotatable bonds is 5. The molecule has 2 aromatic rings. The molecule has 1 fully saturated rings. The van der Waals surface area contributed by atoms with Crippen molar-refractivity contribution in [2.75, 3.05) is 36.5 Å². The summed E-state index contributed by atoms with van der Waals surface area (Å²) in [6.45, 7) is 7.23. The summed E-state index contributed by atoms with van der Waals surface area (Å²) in [5.41, 5.74) is 3.01. The number of amides is 1. The van der Waals surface area contributed by atoms with Crippen LogP contribution in [0.4, 0.5) is 11.5 Å². The van der Waals surface area contributed by atoms with Gasteiger partial charge in [0.2, 0.25) is 5.91 Å².